The lowest BCUT2D eigenvalue weighted by Crippen LogP contribution is -2.31. The number of rotatable bonds is 4. The van der Waals surface area contributed by atoms with Gasteiger partial charge in [-0.05, 0) is 43.7 Å². The van der Waals surface area contributed by atoms with E-state index < -0.39 is 17.9 Å². The zero-order valence-electron chi connectivity index (χ0n) is 16.5. The van der Waals surface area contributed by atoms with E-state index in [0.29, 0.717) is 22.0 Å². The molecule has 5 nitrogen and oxygen atoms in total. The van der Waals surface area contributed by atoms with Crippen LogP contribution in [0.1, 0.15) is 30.9 Å². The number of esters is 1. The van der Waals surface area contributed by atoms with Crippen LogP contribution < -0.4 is 5.32 Å². The second-order valence-electron chi connectivity index (χ2n) is 6.74. The summed E-state index contributed by atoms with van der Waals surface area (Å²) in [6.45, 7) is 3.27. The Bertz CT molecular complexity index is 1110. The van der Waals surface area contributed by atoms with Crippen molar-refractivity contribution in [2.45, 2.75) is 19.8 Å². The molecule has 152 valence electrons. The first-order chi connectivity index (χ1) is 14.4. The minimum Gasteiger partial charge on any atom is -0.478 e. The molecule has 1 aliphatic heterocycles. The van der Waals surface area contributed by atoms with Crippen molar-refractivity contribution in [3.05, 3.63) is 93.3 Å². The first kappa shape index (κ1) is 21.2. The van der Waals surface area contributed by atoms with E-state index in [-0.39, 0.29) is 17.8 Å². The number of dihydropyridines is 1. The molecule has 3 rings (SSSR count). The Labute approximate surface area is 180 Å². The Balaban J connectivity index is 1.90. The number of carboxylic acid groups (broad SMARTS) is 1. The molecule has 1 unspecified atom stereocenters. The number of benzene rings is 2. The van der Waals surface area contributed by atoms with Crippen LogP contribution in [0.4, 0.5) is 0 Å². The number of ether oxygens (including phenoxy) is 1. The largest absolute Gasteiger partial charge is 0.478 e. The van der Waals surface area contributed by atoms with Gasteiger partial charge in [-0.1, -0.05) is 53.8 Å². The predicted octanol–water partition coefficient (Wildman–Crippen LogP) is 4.25. The maximum absolute atomic E-state index is 12.9. The standard InChI is InChI=1S/C24H20ClNO4/c1-15-20(23(27)28)22(18-11-6-12-19(25)14-18)21(16(2)26-15)24(29)30-13-7-10-17-8-4-3-5-9-17/h3-6,8-9,11-12,14,22,26H,13H2,1-2H3,(H,27,28). The zero-order valence-corrected chi connectivity index (χ0v) is 17.3. The van der Waals surface area contributed by atoms with Gasteiger partial charge in [0, 0.05) is 22.0 Å². The van der Waals surface area contributed by atoms with Gasteiger partial charge in [0.15, 0.2) is 6.61 Å². The predicted molar refractivity (Wildman–Crippen MR) is 115 cm³/mol. The van der Waals surface area contributed by atoms with E-state index in [1.165, 1.54) is 0 Å². The number of hydrogen-bond acceptors (Lipinski definition) is 4. The van der Waals surface area contributed by atoms with Crippen LogP contribution in [0.25, 0.3) is 0 Å². The highest BCUT2D eigenvalue weighted by molar-refractivity contribution is 6.30. The van der Waals surface area contributed by atoms with E-state index in [2.05, 4.69) is 17.2 Å². The fourth-order valence-electron chi connectivity index (χ4n) is 3.41. The molecule has 6 heteroatoms. The Morgan fingerprint density at radius 3 is 2.43 bits per heavy atom. The number of allylic oxidation sites excluding steroid dienone is 2. The Morgan fingerprint density at radius 1 is 1.07 bits per heavy atom. The summed E-state index contributed by atoms with van der Waals surface area (Å²) in [7, 11) is 0. The average Bonchev–Trinajstić information content (AvgIpc) is 2.71. The van der Waals surface area contributed by atoms with Crippen molar-refractivity contribution in [1.82, 2.24) is 5.32 Å². The average molecular weight is 422 g/mol. The molecular formula is C24H20ClNO4. The summed E-state index contributed by atoms with van der Waals surface area (Å²) in [5, 5.41) is 13.2. The molecule has 0 bridgehead atoms. The molecule has 0 aromatic heterocycles. The number of carboxylic acids is 1. The first-order valence-corrected chi connectivity index (χ1v) is 9.64. The molecule has 2 N–H and O–H groups in total. The molecule has 2 aromatic rings. The van der Waals surface area contributed by atoms with Crippen molar-refractivity contribution in [2.75, 3.05) is 6.61 Å². The van der Waals surface area contributed by atoms with Gasteiger partial charge in [0.1, 0.15) is 0 Å². The van der Waals surface area contributed by atoms with Gasteiger partial charge in [-0.25, -0.2) is 9.59 Å². The van der Waals surface area contributed by atoms with Crippen molar-refractivity contribution in [1.29, 1.82) is 0 Å². The minimum absolute atomic E-state index is 0.0742. The quantitative estimate of drug-likeness (QED) is 0.570. The maximum Gasteiger partial charge on any atom is 0.337 e. The van der Waals surface area contributed by atoms with Crippen LogP contribution in [0.3, 0.4) is 0 Å². The highest BCUT2D eigenvalue weighted by Gasteiger charge is 2.37. The number of nitrogens with one attached hydrogen (secondary N) is 1. The molecule has 1 heterocycles. The fourth-order valence-corrected chi connectivity index (χ4v) is 3.61. The summed E-state index contributed by atoms with van der Waals surface area (Å²) in [5.41, 5.74) is 2.70. The van der Waals surface area contributed by atoms with Crippen LogP contribution in [0.15, 0.2) is 77.1 Å². The van der Waals surface area contributed by atoms with Crippen molar-refractivity contribution in [2.24, 2.45) is 0 Å². The number of aliphatic carboxylic acids is 1. The number of carbonyl (C=O) groups is 2. The lowest BCUT2D eigenvalue weighted by Gasteiger charge is -2.29. The van der Waals surface area contributed by atoms with E-state index in [4.69, 9.17) is 16.3 Å². The molecular weight excluding hydrogens is 402 g/mol. The SMILES string of the molecule is CC1=C(C(=O)O)C(c2cccc(Cl)c2)C(C(=O)OCC#Cc2ccccc2)=C(C)N1. The van der Waals surface area contributed by atoms with Crippen LogP contribution in [0, 0.1) is 11.8 Å². The normalized spacial score (nSPS) is 15.8. The molecule has 0 spiro atoms. The van der Waals surface area contributed by atoms with Crippen LogP contribution in [0.2, 0.25) is 5.02 Å². The number of carbonyl (C=O) groups excluding carboxylic acids is 1. The molecule has 2 aromatic carbocycles. The monoisotopic (exact) mass is 421 g/mol. The summed E-state index contributed by atoms with van der Waals surface area (Å²) in [5.74, 6) is 3.17. The molecule has 0 amide bonds. The molecule has 30 heavy (non-hydrogen) atoms. The van der Waals surface area contributed by atoms with Crippen molar-refractivity contribution >= 4 is 23.5 Å². The third-order valence-corrected chi connectivity index (χ3v) is 4.91. The fraction of sp³-hybridized carbons (Fsp3) is 0.167. The maximum atomic E-state index is 12.9. The highest BCUT2D eigenvalue weighted by atomic mass is 35.5. The summed E-state index contributed by atoms with van der Waals surface area (Å²) in [6, 6.07) is 16.2. The van der Waals surface area contributed by atoms with Gasteiger partial charge >= 0.3 is 11.9 Å². The molecule has 0 saturated carbocycles. The molecule has 1 aliphatic rings. The molecule has 0 radical (unpaired) electrons. The molecule has 1 atom stereocenters. The van der Waals surface area contributed by atoms with Crippen LogP contribution in [-0.2, 0) is 14.3 Å². The highest BCUT2D eigenvalue weighted by Crippen LogP contribution is 2.39. The Morgan fingerprint density at radius 2 is 1.77 bits per heavy atom. The first-order valence-electron chi connectivity index (χ1n) is 9.27. The smallest absolute Gasteiger partial charge is 0.337 e. The summed E-state index contributed by atoms with van der Waals surface area (Å²) >= 11 is 6.12. The van der Waals surface area contributed by atoms with E-state index in [1.54, 1.807) is 38.1 Å². The minimum atomic E-state index is -1.12. The molecule has 0 saturated heterocycles. The van der Waals surface area contributed by atoms with Gasteiger partial charge in [-0.15, -0.1) is 0 Å². The van der Waals surface area contributed by atoms with Crippen LogP contribution in [0.5, 0.6) is 0 Å². The van der Waals surface area contributed by atoms with Crippen LogP contribution >= 0.6 is 11.6 Å². The Hall–Kier alpha value is -3.49. The summed E-state index contributed by atoms with van der Waals surface area (Å²) < 4.78 is 5.36. The Kier molecular flexibility index (Phi) is 6.61. The van der Waals surface area contributed by atoms with E-state index in [0.717, 1.165) is 5.56 Å². The van der Waals surface area contributed by atoms with Gasteiger partial charge in [-0.2, -0.15) is 0 Å². The number of hydrogen-bond donors (Lipinski definition) is 2. The van der Waals surface area contributed by atoms with E-state index in [1.807, 2.05) is 30.3 Å². The second-order valence-corrected chi connectivity index (χ2v) is 7.18. The third kappa shape index (κ3) is 4.73. The van der Waals surface area contributed by atoms with Gasteiger partial charge in [-0.3, -0.25) is 0 Å². The second kappa shape index (κ2) is 9.34. The summed E-state index contributed by atoms with van der Waals surface area (Å²) in [4.78, 5) is 24.9. The third-order valence-electron chi connectivity index (χ3n) is 4.67. The van der Waals surface area contributed by atoms with Crippen molar-refractivity contribution < 1.29 is 19.4 Å². The van der Waals surface area contributed by atoms with Crippen molar-refractivity contribution in [3.63, 3.8) is 0 Å². The van der Waals surface area contributed by atoms with Gasteiger partial charge in [0.25, 0.3) is 0 Å². The van der Waals surface area contributed by atoms with Gasteiger partial charge < -0.3 is 15.2 Å². The number of halogens is 1. The van der Waals surface area contributed by atoms with E-state index >= 15 is 0 Å². The van der Waals surface area contributed by atoms with Crippen LogP contribution in [-0.4, -0.2) is 23.7 Å². The lowest BCUT2D eigenvalue weighted by atomic mass is 9.80. The summed E-state index contributed by atoms with van der Waals surface area (Å²) in [6.07, 6.45) is 0. The van der Waals surface area contributed by atoms with Gasteiger partial charge in [0.2, 0.25) is 0 Å². The lowest BCUT2D eigenvalue weighted by molar-refractivity contribution is -0.138. The molecule has 0 fully saturated rings. The van der Waals surface area contributed by atoms with E-state index in [9.17, 15) is 14.7 Å². The molecule has 0 aliphatic carbocycles. The van der Waals surface area contributed by atoms with Crippen molar-refractivity contribution in [3.8, 4) is 11.8 Å². The van der Waals surface area contributed by atoms with Gasteiger partial charge in [0.05, 0.1) is 17.1 Å². The topological polar surface area (TPSA) is 75.6 Å². The zero-order chi connectivity index (χ0) is 21.7.